The highest BCUT2D eigenvalue weighted by Crippen LogP contribution is 2.20. The molecule has 0 aliphatic heterocycles. The zero-order chi connectivity index (χ0) is 19.8. The molecule has 2 rings (SSSR count). The SMILES string of the molecule is C#Cc1cccc(N(CC(=O)NC)C(=O)/C=C/c2ccc(OC)c(F)c2)c1. The Balaban J connectivity index is 2.29. The number of hydrogen-bond donors (Lipinski definition) is 1. The smallest absolute Gasteiger partial charge is 0.251 e. The fourth-order valence-corrected chi connectivity index (χ4v) is 2.33. The summed E-state index contributed by atoms with van der Waals surface area (Å²) >= 11 is 0. The number of carbonyl (C=O) groups excluding carboxylic acids is 2. The van der Waals surface area contributed by atoms with Crippen molar-refractivity contribution in [3.05, 3.63) is 65.5 Å². The second-order valence-corrected chi connectivity index (χ2v) is 5.52. The lowest BCUT2D eigenvalue weighted by molar-refractivity contribution is -0.121. The van der Waals surface area contributed by atoms with E-state index in [0.29, 0.717) is 16.8 Å². The molecule has 27 heavy (non-hydrogen) atoms. The fraction of sp³-hybridized carbons (Fsp3) is 0.143. The summed E-state index contributed by atoms with van der Waals surface area (Å²) < 4.78 is 18.6. The van der Waals surface area contributed by atoms with Crippen LogP contribution in [0.2, 0.25) is 0 Å². The van der Waals surface area contributed by atoms with E-state index >= 15 is 0 Å². The molecule has 0 aliphatic carbocycles. The molecule has 0 atom stereocenters. The number of nitrogens with one attached hydrogen (secondary N) is 1. The van der Waals surface area contributed by atoms with Crippen molar-refractivity contribution in [2.75, 3.05) is 25.6 Å². The molecule has 2 aromatic rings. The van der Waals surface area contributed by atoms with Gasteiger partial charge in [-0.2, -0.15) is 0 Å². The van der Waals surface area contributed by atoms with Crippen LogP contribution in [0.1, 0.15) is 11.1 Å². The van der Waals surface area contributed by atoms with Gasteiger partial charge in [0, 0.05) is 24.4 Å². The highest BCUT2D eigenvalue weighted by molar-refractivity contribution is 6.06. The van der Waals surface area contributed by atoms with Crippen LogP contribution in [0, 0.1) is 18.2 Å². The van der Waals surface area contributed by atoms with Crippen molar-refractivity contribution in [2.45, 2.75) is 0 Å². The molecule has 0 aromatic heterocycles. The van der Waals surface area contributed by atoms with Gasteiger partial charge < -0.3 is 10.1 Å². The van der Waals surface area contributed by atoms with Crippen molar-refractivity contribution in [3.8, 4) is 18.1 Å². The van der Waals surface area contributed by atoms with Crippen LogP contribution in [0.25, 0.3) is 6.08 Å². The topological polar surface area (TPSA) is 58.6 Å². The van der Waals surface area contributed by atoms with Crippen LogP contribution >= 0.6 is 0 Å². The summed E-state index contributed by atoms with van der Waals surface area (Å²) in [5.41, 5.74) is 1.56. The van der Waals surface area contributed by atoms with Gasteiger partial charge in [-0.05, 0) is 42.0 Å². The van der Waals surface area contributed by atoms with Crippen molar-refractivity contribution in [2.24, 2.45) is 0 Å². The average molecular weight is 366 g/mol. The number of ether oxygens (including phenoxy) is 1. The predicted octanol–water partition coefficient (Wildman–Crippen LogP) is 2.61. The molecule has 0 saturated carbocycles. The molecule has 0 aliphatic rings. The predicted molar refractivity (Wildman–Crippen MR) is 103 cm³/mol. The Morgan fingerprint density at radius 1 is 1.30 bits per heavy atom. The zero-order valence-corrected chi connectivity index (χ0v) is 15.0. The molecule has 0 fully saturated rings. The van der Waals surface area contributed by atoms with Gasteiger partial charge in [-0.1, -0.05) is 18.1 Å². The largest absolute Gasteiger partial charge is 0.494 e. The molecule has 6 heteroatoms. The summed E-state index contributed by atoms with van der Waals surface area (Å²) in [7, 11) is 2.86. The monoisotopic (exact) mass is 366 g/mol. The third kappa shape index (κ3) is 5.19. The summed E-state index contributed by atoms with van der Waals surface area (Å²) in [6.07, 6.45) is 8.14. The lowest BCUT2D eigenvalue weighted by Gasteiger charge is -2.20. The lowest BCUT2D eigenvalue weighted by Crippen LogP contribution is -2.39. The van der Waals surface area contributed by atoms with E-state index in [1.165, 1.54) is 43.3 Å². The van der Waals surface area contributed by atoms with Crippen molar-refractivity contribution in [3.63, 3.8) is 0 Å². The Morgan fingerprint density at radius 2 is 2.07 bits per heavy atom. The Morgan fingerprint density at radius 3 is 2.70 bits per heavy atom. The first-order chi connectivity index (χ1) is 13.0. The Bertz CT molecular complexity index is 916. The third-order valence-corrected chi connectivity index (χ3v) is 3.77. The molecule has 0 unspecified atom stereocenters. The molecule has 138 valence electrons. The number of anilines is 1. The van der Waals surface area contributed by atoms with Crippen molar-refractivity contribution >= 4 is 23.6 Å². The number of methoxy groups -OCH3 is 1. The molecule has 5 nitrogen and oxygen atoms in total. The number of halogens is 1. The second-order valence-electron chi connectivity index (χ2n) is 5.52. The van der Waals surface area contributed by atoms with Gasteiger partial charge in [0.05, 0.1) is 7.11 Å². The van der Waals surface area contributed by atoms with E-state index in [2.05, 4.69) is 11.2 Å². The minimum Gasteiger partial charge on any atom is -0.494 e. The van der Waals surface area contributed by atoms with Gasteiger partial charge in [-0.3, -0.25) is 14.5 Å². The van der Waals surface area contributed by atoms with Crippen LogP contribution in [0.3, 0.4) is 0 Å². The molecule has 2 amide bonds. The van der Waals surface area contributed by atoms with Crippen molar-refractivity contribution in [1.82, 2.24) is 5.32 Å². The molecule has 0 bridgehead atoms. The van der Waals surface area contributed by atoms with E-state index in [9.17, 15) is 14.0 Å². The number of benzene rings is 2. The van der Waals surface area contributed by atoms with Crippen LogP contribution in [0.15, 0.2) is 48.5 Å². The maximum atomic E-state index is 13.8. The van der Waals surface area contributed by atoms with E-state index in [1.807, 2.05) is 0 Å². The number of likely N-dealkylation sites (N-methyl/N-ethyl adjacent to an activating group) is 1. The van der Waals surface area contributed by atoms with Crippen LogP contribution in [-0.2, 0) is 9.59 Å². The van der Waals surface area contributed by atoms with Crippen LogP contribution in [0.4, 0.5) is 10.1 Å². The first-order valence-electron chi connectivity index (χ1n) is 8.09. The number of terminal acetylenes is 1. The van der Waals surface area contributed by atoms with Crippen molar-refractivity contribution < 1.29 is 18.7 Å². The van der Waals surface area contributed by atoms with Gasteiger partial charge in [0.15, 0.2) is 11.6 Å². The molecule has 2 aromatic carbocycles. The van der Waals surface area contributed by atoms with E-state index < -0.39 is 11.7 Å². The van der Waals surface area contributed by atoms with Gasteiger partial charge >= 0.3 is 0 Å². The van der Waals surface area contributed by atoms with E-state index in [0.717, 1.165) is 0 Å². The molecule has 0 heterocycles. The standard InChI is InChI=1S/C21H19FN2O3/c1-4-15-6-5-7-17(12-15)24(14-20(25)23-2)21(26)11-9-16-8-10-19(27-3)18(22)13-16/h1,5-13H,14H2,2-3H3,(H,23,25)/b11-9+. The van der Waals surface area contributed by atoms with Gasteiger partial charge in [-0.25, -0.2) is 4.39 Å². The second kappa shape index (κ2) is 9.20. The summed E-state index contributed by atoms with van der Waals surface area (Å²) in [5, 5.41) is 2.48. The Kier molecular flexibility index (Phi) is 6.73. The van der Waals surface area contributed by atoms with Crippen LogP contribution in [0.5, 0.6) is 5.75 Å². The summed E-state index contributed by atoms with van der Waals surface area (Å²) in [5.74, 6) is 1.30. The average Bonchev–Trinajstić information content (AvgIpc) is 2.70. The lowest BCUT2D eigenvalue weighted by atomic mass is 10.1. The molecule has 0 spiro atoms. The molecule has 1 N–H and O–H groups in total. The maximum Gasteiger partial charge on any atom is 0.251 e. The van der Waals surface area contributed by atoms with E-state index in [4.69, 9.17) is 11.2 Å². The minimum absolute atomic E-state index is 0.116. The van der Waals surface area contributed by atoms with Gasteiger partial charge in [0.2, 0.25) is 5.91 Å². The summed E-state index contributed by atoms with van der Waals surface area (Å²) in [6, 6.07) is 11.1. The number of rotatable bonds is 6. The molecule has 0 saturated heterocycles. The zero-order valence-electron chi connectivity index (χ0n) is 15.0. The minimum atomic E-state index is -0.531. The molecular formula is C21H19FN2O3. The summed E-state index contributed by atoms with van der Waals surface area (Å²) in [4.78, 5) is 25.8. The quantitative estimate of drug-likeness (QED) is 0.632. The first kappa shape index (κ1) is 19.7. The molecular weight excluding hydrogens is 347 g/mol. The Labute approximate surface area is 157 Å². The highest BCUT2D eigenvalue weighted by Gasteiger charge is 2.17. The Hall–Kier alpha value is -3.59. The van der Waals surface area contributed by atoms with Crippen LogP contribution < -0.4 is 15.0 Å². The van der Waals surface area contributed by atoms with E-state index in [-0.39, 0.29) is 18.2 Å². The van der Waals surface area contributed by atoms with Gasteiger partial charge in [0.1, 0.15) is 6.54 Å². The third-order valence-electron chi connectivity index (χ3n) is 3.77. The highest BCUT2D eigenvalue weighted by atomic mass is 19.1. The molecule has 0 radical (unpaired) electrons. The van der Waals surface area contributed by atoms with Crippen molar-refractivity contribution in [1.29, 1.82) is 0 Å². The first-order valence-corrected chi connectivity index (χ1v) is 8.09. The number of nitrogens with zero attached hydrogens (tertiary/aromatic N) is 1. The van der Waals surface area contributed by atoms with Gasteiger partial charge in [-0.15, -0.1) is 6.42 Å². The fourth-order valence-electron chi connectivity index (χ4n) is 2.33. The number of carbonyl (C=O) groups is 2. The number of hydrogen-bond acceptors (Lipinski definition) is 3. The number of amides is 2. The normalized spacial score (nSPS) is 10.3. The maximum absolute atomic E-state index is 13.8. The van der Waals surface area contributed by atoms with E-state index in [1.54, 1.807) is 30.3 Å². The van der Waals surface area contributed by atoms with Gasteiger partial charge in [0.25, 0.3) is 5.91 Å². The van der Waals surface area contributed by atoms with Crippen LogP contribution in [-0.4, -0.2) is 32.5 Å². The summed E-state index contributed by atoms with van der Waals surface area (Å²) in [6.45, 7) is -0.176.